The summed E-state index contributed by atoms with van der Waals surface area (Å²) in [6.45, 7) is 11.5. The average molecular weight is 260 g/mol. The highest BCUT2D eigenvalue weighted by Crippen LogP contribution is 2.31. The van der Waals surface area contributed by atoms with Crippen LogP contribution in [0.4, 0.5) is 5.69 Å². The molecular weight excluding hydrogens is 232 g/mol. The Morgan fingerprint density at radius 1 is 1.32 bits per heavy atom. The van der Waals surface area contributed by atoms with Gasteiger partial charge in [-0.05, 0) is 49.4 Å². The maximum atomic E-state index is 3.32. The summed E-state index contributed by atoms with van der Waals surface area (Å²) in [6, 6.07) is 7.41. The summed E-state index contributed by atoms with van der Waals surface area (Å²) in [7, 11) is 2.02. The number of nitrogens with one attached hydrogen (secondary N) is 1. The van der Waals surface area contributed by atoms with E-state index in [1.54, 1.807) is 0 Å². The zero-order valence-corrected chi connectivity index (χ0v) is 13.1. The second-order valence-corrected chi connectivity index (χ2v) is 6.95. The van der Waals surface area contributed by atoms with Gasteiger partial charge in [-0.1, -0.05) is 32.9 Å². The Morgan fingerprint density at radius 3 is 2.68 bits per heavy atom. The lowest BCUT2D eigenvalue weighted by molar-refractivity contribution is 0.380. The fourth-order valence-electron chi connectivity index (χ4n) is 2.63. The largest absolute Gasteiger partial charge is 0.371 e. The molecule has 106 valence electrons. The van der Waals surface area contributed by atoms with Crippen LogP contribution in [0.5, 0.6) is 0 Å². The van der Waals surface area contributed by atoms with Crippen molar-refractivity contribution in [2.24, 2.45) is 5.41 Å². The van der Waals surface area contributed by atoms with Gasteiger partial charge in [-0.2, -0.15) is 0 Å². The van der Waals surface area contributed by atoms with Crippen LogP contribution in [-0.4, -0.2) is 20.1 Å². The predicted molar refractivity (Wildman–Crippen MR) is 83.9 cm³/mol. The number of anilines is 1. The summed E-state index contributed by atoms with van der Waals surface area (Å²) in [6.07, 6.45) is 2.45. The van der Waals surface area contributed by atoms with Crippen molar-refractivity contribution >= 4 is 5.69 Å². The maximum Gasteiger partial charge on any atom is 0.0399 e. The van der Waals surface area contributed by atoms with Crippen LogP contribution in [0.15, 0.2) is 18.2 Å². The lowest BCUT2D eigenvalue weighted by atomic mass is 9.92. The Bertz CT molecular complexity index is 431. The Balaban J connectivity index is 2.09. The minimum absolute atomic E-state index is 0.420. The summed E-state index contributed by atoms with van der Waals surface area (Å²) in [5.74, 6) is 0. The van der Waals surface area contributed by atoms with E-state index in [0.29, 0.717) is 11.5 Å². The normalized spacial score (nSPS) is 16.6. The highest BCUT2D eigenvalue weighted by Gasteiger charge is 2.21. The molecule has 1 aromatic rings. The van der Waals surface area contributed by atoms with Gasteiger partial charge >= 0.3 is 0 Å². The van der Waals surface area contributed by atoms with Gasteiger partial charge in [0.05, 0.1) is 0 Å². The number of nitrogens with zero attached hydrogens (tertiary/aromatic N) is 1. The van der Waals surface area contributed by atoms with E-state index in [9.17, 15) is 0 Å². The second-order valence-electron chi connectivity index (χ2n) is 6.95. The van der Waals surface area contributed by atoms with Crippen molar-refractivity contribution < 1.29 is 0 Å². The first-order valence-electron chi connectivity index (χ1n) is 7.46. The van der Waals surface area contributed by atoms with Crippen LogP contribution in [-0.2, 0) is 6.42 Å². The molecule has 0 radical (unpaired) electrons. The van der Waals surface area contributed by atoms with Gasteiger partial charge in [-0.3, -0.25) is 0 Å². The Hall–Kier alpha value is -1.02. The lowest BCUT2D eigenvalue weighted by Crippen LogP contribution is -2.25. The van der Waals surface area contributed by atoms with Gasteiger partial charge in [0.15, 0.2) is 0 Å². The summed E-state index contributed by atoms with van der Waals surface area (Å²) < 4.78 is 0. The molecule has 19 heavy (non-hydrogen) atoms. The van der Waals surface area contributed by atoms with Crippen molar-refractivity contribution in [2.45, 2.75) is 46.6 Å². The molecule has 0 saturated carbocycles. The van der Waals surface area contributed by atoms with Gasteiger partial charge in [0.1, 0.15) is 0 Å². The number of fused-ring (bicyclic) bond motifs is 1. The van der Waals surface area contributed by atoms with Gasteiger partial charge in [0, 0.05) is 24.8 Å². The van der Waals surface area contributed by atoms with E-state index in [2.05, 4.69) is 56.1 Å². The Kier molecular flexibility index (Phi) is 4.19. The molecule has 0 fully saturated rings. The highest BCUT2D eigenvalue weighted by molar-refractivity contribution is 5.59. The molecule has 0 amide bonds. The molecule has 0 saturated heterocycles. The first-order valence-corrected chi connectivity index (χ1v) is 7.46. The Morgan fingerprint density at radius 2 is 2.05 bits per heavy atom. The number of hydrogen-bond acceptors (Lipinski definition) is 2. The molecule has 1 N–H and O–H groups in total. The van der Waals surface area contributed by atoms with Crippen molar-refractivity contribution in [3.8, 4) is 0 Å². The van der Waals surface area contributed by atoms with E-state index in [-0.39, 0.29) is 0 Å². The van der Waals surface area contributed by atoms with E-state index in [4.69, 9.17) is 0 Å². The van der Waals surface area contributed by atoms with Crippen molar-refractivity contribution in [3.63, 3.8) is 0 Å². The molecule has 1 unspecified atom stereocenters. The molecule has 2 heteroatoms. The van der Waals surface area contributed by atoms with Crippen LogP contribution in [0.3, 0.4) is 0 Å². The van der Waals surface area contributed by atoms with Gasteiger partial charge < -0.3 is 10.2 Å². The summed E-state index contributed by atoms with van der Waals surface area (Å²) >= 11 is 0. The van der Waals surface area contributed by atoms with Crippen LogP contribution in [0, 0.1) is 5.41 Å². The molecule has 1 aromatic carbocycles. The zero-order chi connectivity index (χ0) is 14.0. The van der Waals surface area contributed by atoms with Crippen molar-refractivity contribution in [3.05, 3.63) is 29.3 Å². The fourth-order valence-corrected chi connectivity index (χ4v) is 2.63. The fraction of sp³-hybridized carbons (Fsp3) is 0.647. The maximum absolute atomic E-state index is 3.32. The van der Waals surface area contributed by atoms with E-state index in [1.165, 1.54) is 42.7 Å². The molecule has 2 rings (SSSR count). The van der Waals surface area contributed by atoms with E-state index in [1.807, 2.05) is 7.05 Å². The van der Waals surface area contributed by atoms with E-state index < -0.39 is 0 Å². The van der Waals surface area contributed by atoms with Crippen molar-refractivity contribution in [1.82, 2.24) is 5.32 Å². The third-order valence-corrected chi connectivity index (χ3v) is 4.16. The van der Waals surface area contributed by atoms with Crippen LogP contribution in [0.25, 0.3) is 0 Å². The quantitative estimate of drug-likeness (QED) is 0.886. The smallest absolute Gasteiger partial charge is 0.0399 e. The van der Waals surface area contributed by atoms with E-state index in [0.717, 1.165) is 0 Å². The SMILES string of the molecule is CNC(C)c1ccc2c(c1)CCN2CCC(C)(C)C. The molecule has 1 atom stereocenters. The molecule has 1 aliphatic heterocycles. The van der Waals surface area contributed by atoms with Crippen LogP contribution < -0.4 is 10.2 Å². The van der Waals surface area contributed by atoms with Crippen LogP contribution >= 0.6 is 0 Å². The number of hydrogen-bond donors (Lipinski definition) is 1. The minimum atomic E-state index is 0.420. The lowest BCUT2D eigenvalue weighted by Gasteiger charge is -2.25. The topological polar surface area (TPSA) is 15.3 Å². The first kappa shape index (κ1) is 14.4. The van der Waals surface area contributed by atoms with E-state index >= 15 is 0 Å². The average Bonchev–Trinajstić information content (AvgIpc) is 2.76. The summed E-state index contributed by atoms with van der Waals surface area (Å²) in [4.78, 5) is 2.55. The third kappa shape index (κ3) is 3.50. The first-order chi connectivity index (χ1) is 8.90. The standard InChI is InChI=1S/C17H28N2/c1-13(18-5)14-6-7-16-15(12-14)8-10-19(16)11-9-17(2,3)4/h6-7,12-13,18H,8-11H2,1-5H3. The zero-order valence-electron chi connectivity index (χ0n) is 13.1. The van der Waals surface area contributed by atoms with Crippen molar-refractivity contribution in [2.75, 3.05) is 25.0 Å². The number of benzene rings is 1. The van der Waals surface area contributed by atoms with Gasteiger partial charge in [0.25, 0.3) is 0 Å². The molecule has 0 bridgehead atoms. The summed E-state index contributed by atoms with van der Waals surface area (Å²) in [5.41, 5.74) is 4.80. The third-order valence-electron chi connectivity index (χ3n) is 4.16. The summed E-state index contributed by atoms with van der Waals surface area (Å²) in [5, 5.41) is 3.32. The minimum Gasteiger partial charge on any atom is -0.371 e. The molecule has 1 heterocycles. The van der Waals surface area contributed by atoms with Crippen LogP contribution in [0.2, 0.25) is 0 Å². The van der Waals surface area contributed by atoms with Crippen molar-refractivity contribution in [1.29, 1.82) is 0 Å². The van der Waals surface area contributed by atoms with Gasteiger partial charge in [0.2, 0.25) is 0 Å². The molecule has 1 aliphatic rings. The molecular formula is C17H28N2. The molecule has 0 aliphatic carbocycles. The monoisotopic (exact) mass is 260 g/mol. The Labute approximate surface area is 118 Å². The highest BCUT2D eigenvalue weighted by atomic mass is 15.1. The molecule has 2 nitrogen and oxygen atoms in total. The predicted octanol–water partition coefficient (Wildman–Crippen LogP) is 3.77. The number of rotatable bonds is 4. The van der Waals surface area contributed by atoms with Crippen LogP contribution in [0.1, 0.15) is 51.3 Å². The second kappa shape index (κ2) is 5.54. The van der Waals surface area contributed by atoms with Gasteiger partial charge in [-0.15, -0.1) is 0 Å². The van der Waals surface area contributed by atoms with Gasteiger partial charge in [-0.25, -0.2) is 0 Å². The molecule has 0 aromatic heterocycles. The molecule has 0 spiro atoms.